The van der Waals surface area contributed by atoms with Crippen molar-refractivity contribution in [1.82, 2.24) is 0 Å². The van der Waals surface area contributed by atoms with Gasteiger partial charge >= 0.3 is 8.60 Å². The van der Waals surface area contributed by atoms with Crippen molar-refractivity contribution >= 4 is 8.60 Å². The van der Waals surface area contributed by atoms with Crippen LogP contribution < -0.4 is 13.6 Å². The van der Waals surface area contributed by atoms with Gasteiger partial charge in [-0.1, -0.05) is 218 Å². The molecule has 0 saturated carbocycles. The SMILES string of the molecule is c1ccc(-c2ccc(-c3ccccc3)c(OP(Oc3cc(-c4ccccc4)ccc3-c3ccccc3)Oc3cc(-c4ccccc4)ccc3-c3ccccc3)c2)cc1. The monoisotopic (exact) mass is 766 g/mol. The average molecular weight is 767 g/mol. The van der Waals surface area contributed by atoms with E-state index in [9.17, 15) is 0 Å². The van der Waals surface area contributed by atoms with Gasteiger partial charge in [-0.15, -0.1) is 0 Å². The quantitative estimate of drug-likeness (QED) is 0.116. The molecular formula is C54H39O3P. The van der Waals surface area contributed by atoms with Crippen molar-refractivity contribution in [2.75, 3.05) is 0 Å². The number of hydrogen-bond donors (Lipinski definition) is 0. The van der Waals surface area contributed by atoms with Gasteiger partial charge in [0.1, 0.15) is 17.2 Å². The molecule has 0 aromatic heterocycles. The third-order valence-corrected chi connectivity index (χ3v) is 11.1. The highest BCUT2D eigenvalue weighted by atomic mass is 31.2. The van der Waals surface area contributed by atoms with Crippen molar-refractivity contribution in [2.45, 2.75) is 0 Å². The molecule has 9 aromatic carbocycles. The van der Waals surface area contributed by atoms with Crippen LogP contribution in [0, 0.1) is 0 Å². The maximum atomic E-state index is 7.16. The third kappa shape index (κ3) is 8.32. The van der Waals surface area contributed by atoms with Gasteiger partial charge in [-0.2, -0.15) is 0 Å². The highest BCUT2D eigenvalue weighted by molar-refractivity contribution is 7.43. The Hall–Kier alpha value is -7.19. The van der Waals surface area contributed by atoms with E-state index in [0.717, 1.165) is 66.8 Å². The van der Waals surface area contributed by atoms with E-state index in [4.69, 9.17) is 13.6 Å². The molecule has 0 spiro atoms. The Labute approximate surface area is 341 Å². The zero-order valence-electron chi connectivity index (χ0n) is 31.7. The smallest absolute Gasteiger partial charge is 0.408 e. The summed E-state index contributed by atoms with van der Waals surface area (Å²) >= 11 is 0. The van der Waals surface area contributed by atoms with Gasteiger partial charge in [-0.25, -0.2) is 0 Å². The van der Waals surface area contributed by atoms with E-state index in [1.807, 2.05) is 72.8 Å². The molecule has 0 unspecified atom stereocenters. The fraction of sp³-hybridized carbons (Fsp3) is 0. The molecule has 0 amide bonds. The molecule has 3 nitrogen and oxygen atoms in total. The molecule has 4 heteroatoms. The van der Waals surface area contributed by atoms with Crippen LogP contribution >= 0.6 is 8.60 Å². The first kappa shape index (κ1) is 36.4. The number of rotatable bonds is 12. The van der Waals surface area contributed by atoms with Crippen LogP contribution in [0.15, 0.2) is 237 Å². The normalized spacial score (nSPS) is 10.9. The van der Waals surface area contributed by atoms with Gasteiger partial charge in [0, 0.05) is 16.7 Å². The summed E-state index contributed by atoms with van der Waals surface area (Å²) in [6.07, 6.45) is 0. The van der Waals surface area contributed by atoms with Crippen molar-refractivity contribution in [3.05, 3.63) is 237 Å². The van der Waals surface area contributed by atoms with Gasteiger partial charge in [0.05, 0.1) is 0 Å². The van der Waals surface area contributed by atoms with E-state index in [2.05, 4.69) is 164 Å². The first-order valence-electron chi connectivity index (χ1n) is 19.3. The molecule has 9 aromatic rings. The molecule has 278 valence electrons. The predicted octanol–water partition coefficient (Wildman–Crippen LogP) is 15.5. The maximum Gasteiger partial charge on any atom is 0.530 e. The van der Waals surface area contributed by atoms with E-state index < -0.39 is 8.60 Å². The Bertz CT molecular complexity index is 2420. The Kier molecular flexibility index (Phi) is 10.9. The van der Waals surface area contributed by atoms with E-state index in [-0.39, 0.29) is 0 Å². The van der Waals surface area contributed by atoms with E-state index in [1.54, 1.807) is 0 Å². The van der Waals surface area contributed by atoms with Crippen LogP contribution in [-0.4, -0.2) is 0 Å². The fourth-order valence-electron chi connectivity index (χ4n) is 7.09. The summed E-state index contributed by atoms with van der Waals surface area (Å²) in [5.74, 6) is 1.96. The Morgan fingerprint density at radius 2 is 0.431 bits per heavy atom. The molecule has 0 bridgehead atoms. The Morgan fingerprint density at radius 1 is 0.207 bits per heavy atom. The molecule has 0 heterocycles. The Morgan fingerprint density at radius 3 is 0.672 bits per heavy atom. The fourth-order valence-corrected chi connectivity index (χ4v) is 8.14. The molecule has 0 radical (unpaired) electrons. The minimum atomic E-state index is -2.15. The zero-order valence-corrected chi connectivity index (χ0v) is 32.6. The van der Waals surface area contributed by atoms with Gasteiger partial charge in [-0.3, -0.25) is 0 Å². The lowest BCUT2D eigenvalue weighted by molar-refractivity contribution is 0.390. The Balaban J connectivity index is 1.22. The minimum absolute atomic E-state index is 0.652. The summed E-state index contributed by atoms with van der Waals surface area (Å²) in [5.41, 5.74) is 12.2. The van der Waals surface area contributed by atoms with Gasteiger partial charge in [0.2, 0.25) is 0 Å². The van der Waals surface area contributed by atoms with Crippen LogP contribution in [0.2, 0.25) is 0 Å². The third-order valence-electron chi connectivity index (χ3n) is 10.0. The first-order valence-corrected chi connectivity index (χ1v) is 20.4. The lowest BCUT2D eigenvalue weighted by atomic mass is 9.99. The average Bonchev–Trinajstić information content (AvgIpc) is 3.30. The molecule has 0 atom stereocenters. The summed E-state index contributed by atoms with van der Waals surface area (Å²) in [4.78, 5) is 0. The van der Waals surface area contributed by atoms with Crippen molar-refractivity contribution in [3.63, 3.8) is 0 Å². The van der Waals surface area contributed by atoms with Crippen LogP contribution in [0.4, 0.5) is 0 Å². The largest absolute Gasteiger partial charge is 0.530 e. The zero-order chi connectivity index (χ0) is 38.9. The van der Waals surface area contributed by atoms with Gasteiger partial charge in [0.25, 0.3) is 0 Å². The van der Waals surface area contributed by atoms with Crippen molar-refractivity contribution in [2.24, 2.45) is 0 Å². The summed E-state index contributed by atoms with van der Waals surface area (Å²) in [7, 11) is -2.15. The summed E-state index contributed by atoms with van der Waals surface area (Å²) < 4.78 is 21.5. The van der Waals surface area contributed by atoms with Crippen molar-refractivity contribution in [1.29, 1.82) is 0 Å². The van der Waals surface area contributed by atoms with Gasteiger partial charge in [0.15, 0.2) is 0 Å². The van der Waals surface area contributed by atoms with Crippen LogP contribution in [0.5, 0.6) is 17.2 Å². The lowest BCUT2D eigenvalue weighted by Crippen LogP contribution is -2.05. The molecule has 0 fully saturated rings. The molecule has 0 aliphatic rings. The maximum absolute atomic E-state index is 7.16. The highest BCUT2D eigenvalue weighted by Gasteiger charge is 2.26. The van der Waals surface area contributed by atoms with Crippen LogP contribution in [0.25, 0.3) is 66.8 Å². The molecule has 0 aliphatic carbocycles. The predicted molar refractivity (Wildman–Crippen MR) is 241 cm³/mol. The van der Waals surface area contributed by atoms with E-state index >= 15 is 0 Å². The topological polar surface area (TPSA) is 27.7 Å². The molecule has 0 aliphatic heterocycles. The second-order valence-electron chi connectivity index (χ2n) is 13.8. The van der Waals surface area contributed by atoms with Crippen LogP contribution in [-0.2, 0) is 0 Å². The second-order valence-corrected chi connectivity index (χ2v) is 14.8. The van der Waals surface area contributed by atoms with E-state index in [1.165, 1.54) is 0 Å². The molecule has 0 N–H and O–H groups in total. The van der Waals surface area contributed by atoms with Crippen molar-refractivity contribution < 1.29 is 13.6 Å². The van der Waals surface area contributed by atoms with Crippen molar-refractivity contribution in [3.8, 4) is 84.0 Å². The summed E-state index contributed by atoms with van der Waals surface area (Å²) in [6.45, 7) is 0. The number of benzene rings is 9. The number of hydrogen-bond acceptors (Lipinski definition) is 3. The van der Waals surface area contributed by atoms with E-state index in [0.29, 0.717) is 17.2 Å². The minimum Gasteiger partial charge on any atom is -0.408 e. The second kappa shape index (κ2) is 17.3. The first-order chi connectivity index (χ1) is 28.7. The van der Waals surface area contributed by atoms with Crippen LogP contribution in [0.3, 0.4) is 0 Å². The summed E-state index contributed by atoms with van der Waals surface area (Å²) in [6, 6.07) is 81.1. The van der Waals surface area contributed by atoms with Crippen LogP contribution in [0.1, 0.15) is 0 Å². The molecular weight excluding hydrogens is 728 g/mol. The highest BCUT2D eigenvalue weighted by Crippen LogP contribution is 2.51. The molecule has 9 rings (SSSR count). The molecule has 58 heavy (non-hydrogen) atoms. The standard InChI is InChI=1S/C54H39O3P/c1-7-19-40(20-8-1)46-31-34-49(43-25-13-4-14-26-43)52(37-46)55-58(56-53-38-47(41-21-9-2-10-22-41)32-35-50(53)44-27-15-5-16-28-44)57-54-39-48(42-23-11-3-12-24-42)33-36-51(54)45-29-17-6-18-30-45/h1-39H. The van der Waals surface area contributed by atoms with Gasteiger partial charge in [-0.05, 0) is 68.3 Å². The van der Waals surface area contributed by atoms with Gasteiger partial charge < -0.3 is 13.6 Å². The molecule has 0 saturated heterocycles. The lowest BCUT2D eigenvalue weighted by Gasteiger charge is -2.23. The summed E-state index contributed by atoms with van der Waals surface area (Å²) in [5, 5.41) is 0.